The van der Waals surface area contributed by atoms with Gasteiger partial charge in [0.2, 0.25) is 5.91 Å². The lowest BCUT2D eigenvalue weighted by molar-refractivity contribution is -0.151. The molecular formula is C25H23ClN2O6. The Balaban J connectivity index is 1.43. The van der Waals surface area contributed by atoms with Crippen LogP contribution in [0.3, 0.4) is 0 Å². The Bertz CT molecular complexity index is 1300. The summed E-state index contributed by atoms with van der Waals surface area (Å²) >= 11 is 5.90. The Hall–Kier alpha value is -3.65. The van der Waals surface area contributed by atoms with Crippen molar-refractivity contribution in [1.82, 2.24) is 4.90 Å². The number of likely N-dealkylation sites (tertiary alicyclic amines) is 1. The highest BCUT2D eigenvalue weighted by atomic mass is 35.5. The number of fused-ring (bicyclic) bond motifs is 1. The molecule has 3 aromatic rings. The molecule has 0 aliphatic carbocycles. The molecule has 0 radical (unpaired) electrons. The van der Waals surface area contributed by atoms with Crippen LogP contribution in [-0.2, 0) is 20.9 Å². The van der Waals surface area contributed by atoms with Gasteiger partial charge in [-0.1, -0.05) is 11.6 Å². The fraction of sp³-hybridized carbons (Fsp3) is 0.280. The minimum Gasteiger partial charge on any atom is -0.461 e. The van der Waals surface area contributed by atoms with Crippen molar-refractivity contribution >= 4 is 46.0 Å². The van der Waals surface area contributed by atoms with Gasteiger partial charge in [0.15, 0.2) is 0 Å². The molecule has 34 heavy (non-hydrogen) atoms. The van der Waals surface area contributed by atoms with Gasteiger partial charge >= 0.3 is 11.6 Å². The molecule has 0 unspecified atom stereocenters. The van der Waals surface area contributed by atoms with Gasteiger partial charge in [0.1, 0.15) is 12.2 Å². The van der Waals surface area contributed by atoms with Crippen LogP contribution in [-0.4, -0.2) is 35.8 Å². The normalized spacial score (nSPS) is 15.7. The molecular weight excluding hydrogens is 460 g/mol. The lowest BCUT2D eigenvalue weighted by Gasteiger charge is -2.31. The van der Waals surface area contributed by atoms with Gasteiger partial charge in [-0.25, -0.2) is 4.79 Å². The first-order valence-corrected chi connectivity index (χ1v) is 11.2. The number of hydrogen-bond acceptors (Lipinski definition) is 6. The van der Waals surface area contributed by atoms with Gasteiger partial charge in [0.05, 0.1) is 5.92 Å². The van der Waals surface area contributed by atoms with E-state index in [-0.39, 0.29) is 30.5 Å². The van der Waals surface area contributed by atoms with Crippen LogP contribution >= 0.6 is 11.6 Å². The maximum absolute atomic E-state index is 12.8. The summed E-state index contributed by atoms with van der Waals surface area (Å²) in [4.78, 5) is 50.5. The third kappa shape index (κ3) is 5.46. The lowest BCUT2D eigenvalue weighted by Crippen LogP contribution is -2.42. The molecule has 2 amide bonds. The molecule has 4 rings (SSSR count). The van der Waals surface area contributed by atoms with E-state index >= 15 is 0 Å². The first-order chi connectivity index (χ1) is 16.3. The van der Waals surface area contributed by atoms with Crippen molar-refractivity contribution in [2.75, 3.05) is 18.4 Å². The zero-order valence-corrected chi connectivity index (χ0v) is 19.3. The molecule has 1 aromatic heterocycles. The summed E-state index contributed by atoms with van der Waals surface area (Å²) in [5, 5.41) is 3.78. The van der Waals surface area contributed by atoms with Crippen LogP contribution in [0.1, 0.15) is 35.7 Å². The van der Waals surface area contributed by atoms with Crippen LogP contribution < -0.4 is 10.9 Å². The van der Waals surface area contributed by atoms with Crippen molar-refractivity contribution in [2.45, 2.75) is 26.4 Å². The Morgan fingerprint density at radius 1 is 1.15 bits per heavy atom. The molecule has 1 aliphatic heterocycles. The number of nitrogens with zero attached hydrogens (tertiary/aromatic N) is 1. The van der Waals surface area contributed by atoms with Crippen molar-refractivity contribution in [3.63, 3.8) is 0 Å². The number of hydrogen-bond donors (Lipinski definition) is 1. The first kappa shape index (κ1) is 23.5. The summed E-state index contributed by atoms with van der Waals surface area (Å²) in [6, 6.07) is 12.8. The second-order valence-electron chi connectivity index (χ2n) is 8.19. The summed E-state index contributed by atoms with van der Waals surface area (Å²) in [6.45, 7) is 2.10. The second-order valence-corrected chi connectivity index (χ2v) is 8.62. The maximum Gasteiger partial charge on any atom is 0.336 e. The lowest BCUT2D eigenvalue weighted by atomic mass is 9.97. The number of halogens is 1. The minimum atomic E-state index is -0.587. The highest BCUT2D eigenvalue weighted by molar-refractivity contribution is 6.30. The smallest absolute Gasteiger partial charge is 0.336 e. The monoisotopic (exact) mass is 482 g/mol. The molecule has 0 bridgehead atoms. The van der Waals surface area contributed by atoms with E-state index in [0.717, 1.165) is 0 Å². The molecule has 1 atom stereocenters. The Kier molecular flexibility index (Phi) is 6.98. The van der Waals surface area contributed by atoms with E-state index in [2.05, 4.69) is 5.32 Å². The van der Waals surface area contributed by atoms with Gasteiger partial charge in [0.25, 0.3) is 5.91 Å². The molecule has 0 spiro atoms. The summed E-state index contributed by atoms with van der Waals surface area (Å²) in [6.07, 6.45) is 1.30. The highest BCUT2D eigenvalue weighted by Crippen LogP contribution is 2.24. The topological polar surface area (TPSA) is 106 Å². The van der Waals surface area contributed by atoms with E-state index in [9.17, 15) is 19.2 Å². The minimum absolute atomic E-state index is 0.109. The second kappa shape index (κ2) is 10.1. The molecule has 1 fully saturated rings. The number of nitrogens with one attached hydrogen (secondary N) is 1. The van der Waals surface area contributed by atoms with Crippen LogP contribution in [0.15, 0.2) is 57.7 Å². The van der Waals surface area contributed by atoms with Gasteiger partial charge in [0, 0.05) is 59.4 Å². The number of esters is 1. The fourth-order valence-corrected chi connectivity index (χ4v) is 4.15. The number of carbonyl (C=O) groups excluding carboxylic acids is 3. The zero-order valence-electron chi connectivity index (χ0n) is 18.5. The number of rotatable bonds is 5. The van der Waals surface area contributed by atoms with Crippen LogP contribution in [0.2, 0.25) is 5.02 Å². The fourth-order valence-electron chi connectivity index (χ4n) is 4.03. The number of piperidine rings is 1. The Labute approximate surface area is 200 Å². The summed E-state index contributed by atoms with van der Waals surface area (Å²) in [5.74, 6) is -1.29. The molecule has 9 heteroatoms. The van der Waals surface area contributed by atoms with Crippen molar-refractivity contribution in [2.24, 2.45) is 5.92 Å². The van der Waals surface area contributed by atoms with E-state index in [4.69, 9.17) is 20.8 Å². The molecule has 2 aromatic carbocycles. The summed E-state index contributed by atoms with van der Waals surface area (Å²) in [7, 11) is 0. The number of amides is 2. The largest absolute Gasteiger partial charge is 0.461 e. The third-order valence-electron chi connectivity index (χ3n) is 5.65. The molecule has 1 N–H and O–H groups in total. The van der Waals surface area contributed by atoms with Gasteiger partial charge < -0.3 is 19.4 Å². The molecule has 1 saturated heterocycles. The number of anilines is 1. The van der Waals surface area contributed by atoms with E-state index < -0.39 is 17.5 Å². The van der Waals surface area contributed by atoms with Gasteiger partial charge in [-0.2, -0.15) is 0 Å². The Morgan fingerprint density at radius 2 is 1.91 bits per heavy atom. The number of carbonyl (C=O) groups is 3. The quantitative estimate of drug-likeness (QED) is 0.435. The van der Waals surface area contributed by atoms with Gasteiger partial charge in [-0.3, -0.25) is 14.4 Å². The van der Waals surface area contributed by atoms with Crippen LogP contribution in [0.4, 0.5) is 5.69 Å². The number of ether oxygens (including phenoxy) is 1. The molecule has 0 saturated carbocycles. The van der Waals surface area contributed by atoms with Crippen molar-refractivity contribution < 1.29 is 23.5 Å². The maximum atomic E-state index is 12.8. The highest BCUT2D eigenvalue weighted by Gasteiger charge is 2.30. The van der Waals surface area contributed by atoms with E-state index in [1.165, 1.54) is 13.0 Å². The summed E-state index contributed by atoms with van der Waals surface area (Å²) < 4.78 is 10.8. The van der Waals surface area contributed by atoms with Crippen molar-refractivity contribution in [1.29, 1.82) is 0 Å². The third-order valence-corrected chi connectivity index (χ3v) is 5.91. The van der Waals surface area contributed by atoms with Crippen molar-refractivity contribution in [3.8, 4) is 0 Å². The van der Waals surface area contributed by atoms with Crippen molar-refractivity contribution in [3.05, 3.63) is 75.1 Å². The predicted molar refractivity (Wildman–Crippen MR) is 127 cm³/mol. The van der Waals surface area contributed by atoms with Crippen LogP contribution in [0.5, 0.6) is 0 Å². The molecule has 1 aliphatic rings. The first-order valence-electron chi connectivity index (χ1n) is 10.9. The van der Waals surface area contributed by atoms with Gasteiger partial charge in [-0.05, 0) is 49.2 Å². The average molecular weight is 483 g/mol. The van der Waals surface area contributed by atoms with Crippen LogP contribution in [0.25, 0.3) is 11.0 Å². The summed E-state index contributed by atoms with van der Waals surface area (Å²) in [5.41, 5.74) is 1.20. The molecule has 176 valence electrons. The van der Waals surface area contributed by atoms with E-state index in [0.29, 0.717) is 46.6 Å². The number of benzene rings is 2. The van der Waals surface area contributed by atoms with E-state index in [1.54, 1.807) is 47.4 Å². The standard InChI is InChI=1S/C25H23ClN2O6/c1-15(29)27-20-8-9-21-18(11-23(30)34-22(21)12-20)14-33-25(32)17-3-2-10-28(13-17)24(31)16-4-6-19(26)7-5-16/h4-9,11-12,17H,2-3,10,13-14H2,1H3,(H,27,29)/t17-/m1/s1. The molecule has 2 heterocycles. The molecule has 8 nitrogen and oxygen atoms in total. The van der Waals surface area contributed by atoms with Gasteiger partial charge in [-0.15, -0.1) is 0 Å². The SMILES string of the molecule is CC(=O)Nc1ccc2c(COC(=O)[C@@H]3CCCN(C(=O)c4ccc(Cl)cc4)C3)cc(=O)oc2c1. The predicted octanol–water partition coefficient (Wildman–Crippen LogP) is 4.00. The van der Waals surface area contributed by atoms with E-state index in [1.807, 2.05) is 0 Å². The average Bonchev–Trinajstić information content (AvgIpc) is 2.81. The zero-order chi connectivity index (χ0) is 24.2. The van der Waals surface area contributed by atoms with Crippen LogP contribution in [0, 0.1) is 5.92 Å². The Morgan fingerprint density at radius 3 is 2.65 bits per heavy atom.